The number of amides is 2. The van der Waals surface area contributed by atoms with Crippen LogP contribution in [0.2, 0.25) is 5.02 Å². The van der Waals surface area contributed by atoms with E-state index in [2.05, 4.69) is 21.2 Å². The number of hydrogen-bond acceptors (Lipinski definition) is 3. The first-order valence-corrected chi connectivity index (χ1v) is 11.1. The highest BCUT2D eigenvalue weighted by molar-refractivity contribution is 9.10. The molecule has 1 unspecified atom stereocenters. The summed E-state index contributed by atoms with van der Waals surface area (Å²) in [5.74, 6) is 0.419. The zero-order valence-electron chi connectivity index (χ0n) is 17.7. The molecule has 2 aromatic carbocycles. The Labute approximate surface area is 191 Å². The van der Waals surface area contributed by atoms with Gasteiger partial charge in [-0.3, -0.25) is 9.59 Å². The van der Waals surface area contributed by atoms with E-state index in [4.69, 9.17) is 16.3 Å². The molecule has 1 N–H and O–H groups in total. The van der Waals surface area contributed by atoms with Crippen molar-refractivity contribution in [3.63, 3.8) is 0 Å². The zero-order valence-corrected chi connectivity index (χ0v) is 20.1. The minimum atomic E-state index is -0.664. The smallest absolute Gasteiger partial charge is 0.261 e. The maximum Gasteiger partial charge on any atom is 0.261 e. The Morgan fingerprint density at radius 3 is 2.50 bits per heavy atom. The van der Waals surface area contributed by atoms with Crippen molar-refractivity contribution in [1.82, 2.24) is 10.2 Å². The van der Waals surface area contributed by atoms with E-state index in [9.17, 15) is 9.59 Å². The molecule has 0 aromatic heterocycles. The number of ether oxygens (including phenoxy) is 1. The van der Waals surface area contributed by atoms with Crippen LogP contribution in [0.1, 0.15) is 31.9 Å². The van der Waals surface area contributed by atoms with E-state index < -0.39 is 6.04 Å². The van der Waals surface area contributed by atoms with Crippen LogP contribution in [0.3, 0.4) is 0 Å². The molecule has 30 heavy (non-hydrogen) atoms. The summed E-state index contributed by atoms with van der Waals surface area (Å²) in [7, 11) is 0. The van der Waals surface area contributed by atoms with Crippen molar-refractivity contribution < 1.29 is 14.3 Å². The molecule has 2 rings (SSSR count). The van der Waals surface area contributed by atoms with Crippen LogP contribution in [0.25, 0.3) is 0 Å². The van der Waals surface area contributed by atoms with Crippen molar-refractivity contribution in [1.29, 1.82) is 0 Å². The van der Waals surface area contributed by atoms with Crippen LogP contribution in [0.15, 0.2) is 46.9 Å². The highest BCUT2D eigenvalue weighted by Crippen LogP contribution is 2.22. The fourth-order valence-corrected chi connectivity index (χ4v) is 3.22. The van der Waals surface area contributed by atoms with E-state index in [1.807, 2.05) is 51.1 Å². The molecule has 0 heterocycles. The summed E-state index contributed by atoms with van der Waals surface area (Å²) >= 11 is 9.74. The lowest BCUT2D eigenvalue weighted by atomic mass is 10.1. The Morgan fingerprint density at radius 1 is 1.17 bits per heavy atom. The van der Waals surface area contributed by atoms with Gasteiger partial charge in [-0.1, -0.05) is 59.6 Å². The lowest BCUT2D eigenvalue weighted by molar-refractivity contribution is -0.142. The fraction of sp³-hybridized carbons (Fsp3) is 0.391. The Bertz CT molecular complexity index is 889. The minimum absolute atomic E-state index is 0.173. The summed E-state index contributed by atoms with van der Waals surface area (Å²) in [5.41, 5.74) is 1.78. The Balaban J connectivity index is 2.16. The molecule has 162 valence electrons. The zero-order chi connectivity index (χ0) is 22.3. The molecule has 0 saturated heterocycles. The summed E-state index contributed by atoms with van der Waals surface area (Å²) in [6.07, 6.45) is 0. The largest absolute Gasteiger partial charge is 0.484 e. The normalized spacial score (nSPS) is 11.8. The van der Waals surface area contributed by atoms with Gasteiger partial charge in [-0.05, 0) is 55.2 Å². The molecule has 7 heteroatoms. The average Bonchev–Trinajstić information content (AvgIpc) is 2.71. The highest BCUT2D eigenvalue weighted by Gasteiger charge is 2.27. The van der Waals surface area contributed by atoms with Crippen molar-refractivity contribution in [3.05, 3.63) is 63.1 Å². The average molecular weight is 496 g/mol. The van der Waals surface area contributed by atoms with Crippen LogP contribution >= 0.6 is 27.5 Å². The molecule has 0 spiro atoms. The molecule has 0 fully saturated rings. The molecule has 1 atom stereocenters. The second-order valence-electron chi connectivity index (χ2n) is 7.63. The molecule has 0 saturated carbocycles. The Kier molecular flexibility index (Phi) is 9.18. The standard InChI is InChI=1S/C23H28BrClN2O3/c1-15(2)12-26-23(29)17(4)27(13-18-7-5-6-8-21(18)25)22(28)14-30-19-9-10-20(24)16(3)11-19/h5-11,15,17H,12-14H2,1-4H3,(H,26,29). The van der Waals surface area contributed by atoms with Crippen molar-refractivity contribution in [3.8, 4) is 5.75 Å². The maximum atomic E-state index is 13.0. The van der Waals surface area contributed by atoms with Gasteiger partial charge in [0.2, 0.25) is 5.91 Å². The number of aryl methyl sites for hydroxylation is 1. The van der Waals surface area contributed by atoms with Crippen LogP contribution in [0, 0.1) is 12.8 Å². The molecule has 5 nitrogen and oxygen atoms in total. The monoisotopic (exact) mass is 494 g/mol. The Hall–Kier alpha value is -2.05. The van der Waals surface area contributed by atoms with E-state index in [0.29, 0.717) is 23.2 Å². The van der Waals surface area contributed by atoms with Crippen LogP contribution in [-0.4, -0.2) is 35.9 Å². The molecule has 2 aromatic rings. The molecule has 0 aliphatic carbocycles. The molecule has 0 bridgehead atoms. The van der Waals surface area contributed by atoms with Crippen LogP contribution in [0.5, 0.6) is 5.75 Å². The van der Waals surface area contributed by atoms with Crippen molar-refractivity contribution in [2.45, 2.75) is 40.3 Å². The van der Waals surface area contributed by atoms with Crippen molar-refractivity contribution in [2.24, 2.45) is 5.92 Å². The van der Waals surface area contributed by atoms with Crippen LogP contribution < -0.4 is 10.1 Å². The predicted octanol–water partition coefficient (Wildman–Crippen LogP) is 4.98. The van der Waals surface area contributed by atoms with Gasteiger partial charge >= 0.3 is 0 Å². The number of carbonyl (C=O) groups is 2. The molecular weight excluding hydrogens is 468 g/mol. The van der Waals surface area contributed by atoms with Gasteiger partial charge in [0, 0.05) is 22.6 Å². The molecule has 0 radical (unpaired) electrons. The second kappa shape index (κ2) is 11.4. The van der Waals surface area contributed by atoms with E-state index in [-0.39, 0.29) is 25.0 Å². The third-order valence-corrected chi connectivity index (χ3v) is 5.90. The number of nitrogens with one attached hydrogen (secondary N) is 1. The molecular formula is C23H28BrClN2O3. The first kappa shape index (κ1) is 24.2. The summed E-state index contributed by atoms with van der Waals surface area (Å²) in [6, 6.07) is 12.2. The van der Waals surface area contributed by atoms with Gasteiger partial charge in [-0.15, -0.1) is 0 Å². The topological polar surface area (TPSA) is 58.6 Å². The summed E-state index contributed by atoms with van der Waals surface area (Å²) < 4.78 is 6.67. The fourth-order valence-electron chi connectivity index (χ4n) is 2.78. The minimum Gasteiger partial charge on any atom is -0.484 e. The van der Waals surface area contributed by atoms with Crippen molar-refractivity contribution in [2.75, 3.05) is 13.2 Å². The summed E-state index contributed by atoms with van der Waals surface area (Å²) in [4.78, 5) is 27.2. The van der Waals surface area contributed by atoms with Crippen molar-refractivity contribution >= 4 is 39.3 Å². The van der Waals surface area contributed by atoms with Gasteiger partial charge in [-0.25, -0.2) is 0 Å². The Morgan fingerprint density at radius 2 is 1.87 bits per heavy atom. The SMILES string of the molecule is Cc1cc(OCC(=O)N(Cc2ccccc2Cl)C(C)C(=O)NCC(C)C)ccc1Br. The van der Waals surface area contributed by atoms with Crippen LogP contribution in [-0.2, 0) is 16.1 Å². The molecule has 2 amide bonds. The first-order chi connectivity index (χ1) is 14.2. The second-order valence-corrected chi connectivity index (χ2v) is 8.89. The van der Waals surface area contributed by atoms with Gasteiger partial charge in [0.15, 0.2) is 6.61 Å². The van der Waals surface area contributed by atoms with Gasteiger partial charge in [0.25, 0.3) is 5.91 Å². The molecule has 0 aliphatic heterocycles. The number of nitrogens with zero attached hydrogens (tertiary/aromatic N) is 1. The van der Waals surface area contributed by atoms with Gasteiger partial charge < -0.3 is 15.0 Å². The van der Waals surface area contributed by atoms with E-state index in [0.717, 1.165) is 15.6 Å². The lowest BCUT2D eigenvalue weighted by Crippen LogP contribution is -2.49. The summed E-state index contributed by atoms with van der Waals surface area (Å²) in [5, 5.41) is 3.44. The van der Waals surface area contributed by atoms with E-state index in [1.54, 1.807) is 19.1 Å². The van der Waals surface area contributed by atoms with E-state index in [1.165, 1.54) is 4.90 Å². The number of halogens is 2. The van der Waals surface area contributed by atoms with Gasteiger partial charge in [0.05, 0.1) is 0 Å². The molecule has 0 aliphatic rings. The highest BCUT2D eigenvalue weighted by atomic mass is 79.9. The predicted molar refractivity (Wildman–Crippen MR) is 124 cm³/mol. The van der Waals surface area contributed by atoms with Crippen LogP contribution in [0.4, 0.5) is 0 Å². The number of benzene rings is 2. The third kappa shape index (κ3) is 7.03. The first-order valence-electron chi connectivity index (χ1n) is 9.88. The quantitative estimate of drug-likeness (QED) is 0.534. The van der Waals surface area contributed by atoms with E-state index >= 15 is 0 Å². The third-order valence-electron chi connectivity index (χ3n) is 4.64. The number of hydrogen-bond donors (Lipinski definition) is 1. The number of carbonyl (C=O) groups excluding carboxylic acids is 2. The summed E-state index contributed by atoms with van der Waals surface area (Å²) in [6.45, 7) is 8.30. The number of rotatable bonds is 9. The van der Waals surface area contributed by atoms with Gasteiger partial charge in [0.1, 0.15) is 11.8 Å². The maximum absolute atomic E-state index is 13.0. The lowest BCUT2D eigenvalue weighted by Gasteiger charge is -2.29. The van der Waals surface area contributed by atoms with Gasteiger partial charge in [-0.2, -0.15) is 0 Å².